The zero-order chi connectivity index (χ0) is 9.97. The van der Waals surface area contributed by atoms with Crippen LogP contribution in [0, 0.1) is 5.92 Å². The van der Waals surface area contributed by atoms with Gasteiger partial charge in [-0.25, -0.2) is 0 Å². The summed E-state index contributed by atoms with van der Waals surface area (Å²) >= 11 is 5.44. The van der Waals surface area contributed by atoms with Crippen LogP contribution in [0.4, 0.5) is 0 Å². The molecule has 80 valence electrons. The minimum Gasteiger partial charge on any atom is -0.351 e. The molecule has 1 heterocycles. The molecule has 3 nitrogen and oxygen atoms in total. The summed E-state index contributed by atoms with van der Waals surface area (Å²) in [7, 11) is 0. The highest BCUT2D eigenvalue weighted by molar-refractivity contribution is 6.27. The van der Waals surface area contributed by atoms with E-state index in [0.29, 0.717) is 6.04 Å². The average molecular weight is 217 g/mol. The summed E-state index contributed by atoms with van der Waals surface area (Å²) in [6, 6.07) is 0.333. The first kappa shape index (κ1) is 10.2. The second kappa shape index (κ2) is 4.49. The molecule has 14 heavy (non-hydrogen) atoms. The van der Waals surface area contributed by atoms with E-state index in [4.69, 9.17) is 11.6 Å². The van der Waals surface area contributed by atoms with Crippen LogP contribution in [0.1, 0.15) is 19.3 Å². The van der Waals surface area contributed by atoms with Gasteiger partial charge >= 0.3 is 0 Å². The van der Waals surface area contributed by atoms with Crippen molar-refractivity contribution in [2.45, 2.75) is 25.3 Å². The molecule has 1 saturated carbocycles. The number of likely N-dealkylation sites (tertiary alicyclic amines) is 1. The van der Waals surface area contributed by atoms with Gasteiger partial charge in [-0.2, -0.15) is 0 Å². The molecule has 1 unspecified atom stereocenters. The zero-order valence-electron chi connectivity index (χ0n) is 8.34. The highest BCUT2D eigenvalue weighted by Gasteiger charge is 2.29. The lowest BCUT2D eigenvalue weighted by atomic mass is 10.2. The van der Waals surface area contributed by atoms with Crippen LogP contribution in [0.3, 0.4) is 0 Å². The number of alkyl halides is 1. The SMILES string of the molecule is O=C(CCl)NC1CCN(CC2CC2)C1. The van der Waals surface area contributed by atoms with E-state index in [-0.39, 0.29) is 11.8 Å². The molecule has 2 rings (SSSR count). The van der Waals surface area contributed by atoms with Crippen LogP contribution in [0.2, 0.25) is 0 Å². The van der Waals surface area contributed by atoms with Crippen molar-refractivity contribution in [3.63, 3.8) is 0 Å². The molecule has 0 aromatic rings. The van der Waals surface area contributed by atoms with Gasteiger partial charge in [-0.05, 0) is 25.2 Å². The molecule has 0 radical (unpaired) electrons. The largest absolute Gasteiger partial charge is 0.351 e. The van der Waals surface area contributed by atoms with Gasteiger partial charge in [-0.3, -0.25) is 4.79 Å². The van der Waals surface area contributed by atoms with E-state index in [1.165, 1.54) is 19.4 Å². The van der Waals surface area contributed by atoms with Crippen molar-refractivity contribution in [1.29, 1.82) is 0 Å². The minimum absolute atomic E-state index is 0.0371. The number of carbonyl (C=O) groups is 1. The molecule has 2 aliphatic rings. The van der Waals surface area contributed by atoms with Gasteiger partial charge in [0.2, 0.25) is 5.91 Å². The van der Waals surface area contributed by atoms with Gasteiger partial charge in [0, 0.05) is 25.7 Å². The third-order valence-electron chi connectivity index (χ3n) is 2.97. The van der Waals surface area contributed by atoms with Crippen LogP contribution in [0.25, 0.3) is 0 Å². The Morgan fingerprint density at radius 2 is 2.21 bits per heavy atom. The van der Waals surface area contributed by atoms with Crippen LogP contribution < -0.4 is 5.32 Å². The van der Waals surface area contributed by atoms with Crippen LogP contribution in [-0.4, -0.2) is 42.4 Å². The minimum atomic E-state index is -0.0371. The number of halogens is 1. The Bertz CT molecular complexity index is 218. The fourth-order valence-electron chi connectivity index (χ4n) is 2.05. The Morgan fingerprint density at radius 1 is 1.43 bits per heavy atom. The van der Waals surface area contributed by atoms with Crippen LogP contribution in [-0.2, 0) is 4.79 Å². The molecular formula is C10H17ClN2O. The monoisotopic (exact) mass is 216 g/mol. The van der Waals surface area contributed by atoms with Gasteiger partial charge in [0.25, 0.3) is 0 Å². The lowest BCUT2D eigenvalue weighted by Gasteiger charge is -2.15. The predicted molar refractivity (Wildman–Crippen MR) is 56.4 cm³/mol. The molecule has 1 amide bonds. The lowest BCUT2D eigenvalue weighted by molar-refractivity contribution is -0.119. The molecule has 0 aromatic carbocycles. The summed E-state index contributed by atoms with van der Waals surface area (Å²) in [6.45, 7) is 3.37. The third-order valence-corrected chi connectivity index (χ3v) is 3.21. The Morgan fingerprint density at radius 3 is 2.86 bits per heavy atom. The number of carbonyl (C=O) groups excluding carboxylic acids is 1. The van der Waals surface area contributed by atoms with E-state index >= 15 is 0 Å². The van der Waals surface area contributed by atoms with Crippen LogP contribution in [0.5, 0.6) is 0 Å². The Kier molecular flexibility index (Phi) is 3.29. The summed E-state index contributed by atoms with van der Waals surface area (Å²) in [6.07, 6.45) is 3.87. The van der Waals surface area contributed by atoms with Gasteiger partial charge in [-0.1, -0.05) is 0 Å². The smallest absolute Gasteiger partial charge is 0.235 e. The first-order valence-corrected chi connectivity index (χ1v) is 5.89. The van der Waals surface area contributed by atoms with Crippen molar-refractivity contribution in [3.05, 3.63) is 0 Å². The fourth-order valence-corrected chi connectivity index (χ4v) is 2.13. The number of rotatable bonds is 4. The van der Waals surface area contributed by atoms with Crippen molar-refractivity contribution in [1.82, 2.24) is 10.2 Å². The molecule has 1 N–H and O–H groups in total. The summed E-state index contributed by atoms with van der Waals surface area (Å²) < 4.78 is 0. The van der Waals surface area contributed by atoms with E-state index in [2.05, 4.69) is 10.2 Å². The van der Waals surface area contributed by atoms with Crippen LogP contribution >= 0.6 is 11.6 Å². The molecule has 1 aliphatic heterocycles. The summed E-state index contributed by atoms with van der Waals surface area (Å²) in [4.78, 5) is 13.5. The molecule has 0 aromatic heterocycles. The van der Waals surface area contributed by atoms with E-state index < -0.39 is 0 Å². The summed E-state index contributed by atoms with van der Waals surface area (Å²) in [5.41, 5.74) is 0. The van der Waals surface area contributed by atoms with Crippen molar-refractivity contribution in [2.24, 2.45) is 5.92 Å². The first-order valence-electron chi connectivity index (χ1n) is 5.35. The normalized spacial score (nSPS) is 27.9. The third kappa shape index (κ3) is 2.85. The summed E-state index contributed by atoms with van der Waals surface area (Å²) in [5, 5.41) is 2.94. The van der Waals surface area contributed by atoms with E-state index in [9.17, 15) is 4.79 Å². The molecule has 0 bridgehead atoms. The highest BCUT2D eigenvalue weighted by atomic mass is 35.5. The number of hydrogen-bond acceptors (Lipinski definition) is 2. The maximum absolute atomic E-state index is 11.0. The number of hydrogen-bond donors (Lipinski definition) is 1. The quantitative estimate of drug-likeness (QED) is 0.706. The maximum Gasteiger partial charge on any atom is 0.235 e. The molecular weight excluding hydrogens is 200 g/mol. The summed E-state index contributed by atoms with van der Waals surface area (Å²) in [5.74, 6) is 0.987. The molecule has 1 atom stereocenters. The first-order chi connectivity index (χ1) is 6.78. The molecule has 4 heteroatoms. The number of amides is 1. The highest BCUT2D eigenvalue weighted by Crippen LogP contribution is 2.30. The maximum atomic E-state index is 11.0. The number of nitrogens with zero attached hydrogens (tertiary/aromatic N) is 1. The number of nitrogens with one attached hydrogen (secondary N) is 1. The van der Waals surface area contributed by atoms with E-state index in [1.54, 1.807) is 0 Å². The molecule has 2 fully saturated rings. The Labute approximate surface area is 89.8 Å². The topological polar surface area (TPSA) is 32.3 Å². The van der Waals surface area contributed by atoms with Crippen LogP contribution in [0.15, 0.2) is 0 Å². The zero-order valence-corrected chi connectivity index (χ0v) is 9.09. The van der Waals surface area contributed by atoms with Gasteiger partial charge in [-0.15, -0.1) is 11.6 Å². The Balaban J connectivity index is 1.68. The fraction of sp³-hybridized carbons (Fsp3) is 0.900. The van der Waals surface area contributed by atoms with Gasteiger partial charge < -0.3 is 10.2 Å². The van der Waals surface area contributed by atoms with Gasteiger partial charge in [0.05, 0.1) is 0 Å². The van der Waals surface area contributed by atoms with Gasteiger partial charge in [0.1, 0.15) is 5.88 Å². The van der Waals surface area contributed by atoms with Crippen molar-refractivity contribution in [3.8, 4) is 0 Å². The lowest BCUT2D eigenvalue weighted by Crippen LogP contribution is -2.38. The van der Waals surface area contributed by atoms with E-state index in [1.807, 2.05) is 0 Å². The standard InChI is InChI=1S/C10H17ClN2O/c11-5-10(14)12-9-3-4-13(7-9)6-8-1-2-8/h8-9H,1-7H2,(H,12,14). The van der Waals surface area contributed by atoms with E-state index in [0.717, 1.165) is 25.4 Å². The Hall–Kier alpha value is -0.280. The van der Waals surface area contributed by atoms with Crippen molar-refractivity contribution >= 4 is 17.5 Å². The second-order valence-corrected chi connectivity index (χ2v) is 4.66. The predicted octanol–water partition coefficient (Wildman–Crippen LogP) is 0.826. The van der Waals surface area contributed by atoms with Crippen molar-refractivity contribution in [2.75, 3.05) is 25.5 Å². The molecule has 1 aliphatic carbocycles. The average Bonchev–Trinajstić information content (AvgIpc) is 2.87. The molecule has 0 spiro atoms. The van der Waals surface area contributed by atoms with Crippen molar-refractivity contribution < 1.29 is 4.79 Å². The van der Waals surface area contributed by atoms with Gasteiger partial charge in [0.15, 0.2) is 0 Å². The molecule has 1 saturated heterocycles. The second-order valence-electron chi connectivity index (χ2n) is 4.39.